The van der Waals surface area contributed by atoms with Crippen LogP contribution in [0.25, 0.3) is 6.08 Å². The molecule has 0 amide bonds. The number of fused-ring (bicyclic) bond motifs is 1. The number of hydrogen-bond acceptors (Lipinski definition) is 1. The largest absolute Gasteiger partial charge is 0.118 e. The van der Waals surface area contributed by atoms with Crippen molar-refractivity contribution in [3.63, 3.8) is 0 Å². The maximum absolute atomic E-state index is 2.30. The molecule has 1 aliphatic rings. The fourth-order valence-electron chi connectivity index (χ4n) is 1.36. The van der Waals surface area contributed by atoms with Gasteiger partial charge in [0.1, 0.15) is 0 Å². The van der Waals surface area contributed by atoms with Crippen molar-refractivity contribution in [3.8, 4) is 0 Å². The highest BCUT2D eigenvalue weighted by molar-refractivity contribution is 8.00. The third kappa shape index (κ3) is 1.42. The van der Waals surface area contributed by atoms with Gasteiger partial charge in [-0.25, -0.2) is 0 Å². The first-order chi connectivity index (χ1) is 5.90. The molecule has 1 heterocycles. The Hall–Kier alpha value is -0.690. The average Bonchev–Trinajstić information content (AvgIpc) is 2.17. The van der Waals surface area contributed by atoms with E-state index in [1.807, 2.05) is 11.8 Å². The SMILES string of the molecule is CCC1C=Cc2ccccc2S1. The lowest BCUT2D eigenvalue weighted by Gasteiger charge is -2.16. The van der Waals surface area contributed by atoms with E-state index in [0.717, 1.165) is 0 Å². The molecule has 0 aromatic heterocycles. The Morgan fingerprint density at radius 2 is 2.17 bits per heavy atom. The van der Waals surface area contributed by atoms with Crippen molar-refractivity contribution in [1.29, 1.82) is 0 Å². The van der Waals surface area contributed by atoms with Gasteiger partial charge in [-0.15, -0.1) is 11.8 Å². The maximum Gasteiger partial charge on any atom is 0.0275 e. The lowest BCUT2D eigenvalue weighted by atomic mass is 10.2. The van der Waals surface area contributed by atoms with Crippen LogP contribution in [-0.2, 0) is 0 Å². The summed E-state index contributed by atoms with van der Waals surface area (Å²) in [5.41, 5.74) is 1.37. The van der Waals surface area contributed by atoms with Crippen molar-refractivity contribution < 1.29 is 0 Å². The standard InChI is InChI=1S/C11H12S/c1-2-10-8-7-9-5-3-4-6-11(9)12-10/h3-8,10H,2H2,1H3. The average molecular weight is 176 g/mol. The summed E-state index contributed by atoms with van der Waals surface area (Å²) in [6.45, 7) is 2.23. The highest BCUT2D eigenvalue weighted by Gasteiger charge is 2.11. The van der Waals surface area contributed by atoms with Gasteiger partial charge < -0.3 is 0 Å². The molecule has 0 spiro atoms. The molecule has 2 rings (SSSR count). The van der Waals surface area contributed by atoms with Crippen LogP contribution < -0.4 is 0 Å². The lowest BCUT2D eigenvalue weighted by Crippen LogP contribution is -1.99. The molecular formula is C11H12S. The van der Waals surface area contributed by atoms with Gasteiger partial charge >= 0.3 is 0 Å². The second-order valence-electron chi connectivity index (χ2n) is 2.96. The molecule has 1 heteroatoms. The van der Waals surface area contributed by atoms with Crippen molar-refractivity contribution in [2.75, 3.05) is 0 Å². The third-order valence-corrected chi connectivity index (χ3v) is 3.51. The van der Waals surface area contributed by atoms with Crippen molar-refractivity contribution >= 4 is 17.8 Å². The van der Waals surface area contributed by atoms with Gasteiger partial charge in [0.05, 0.1) is 0 Å². The van der Waals surface area contributed by atoms with Crippen molar-refractivity contribution in [1.82, 2.24) is 0 Å². The first-order valence-electron chi connectivity index (χ1n) is 4.34. The van der Waals surface area contributed by atoms with Crippen LogP contribution in [0.1, 0.15) is 18.9 Å². The molecule has 1 aromatic carbocycles. The van der Waals surface area contributed by atoms with Gasteiger partial charge in [0, 0.05) is 10.1 Å². The normalized spacial score (nSPS) is 20.6. The molecule has 1 aromatic rings. The number of hydrogen-bond donors (Lipinski definition) is 0. The minimum absolute atomic E-state index is 0.680. The number of thioether (sulfide) groups is 1. The van der Waals surface area contributed by atoms with Crippen LogP contribution in [0.5, 0.6) is 0 Å². The minimum Gasteiger partial charge on any atom is -0.118 e. The monoisotopic (exact) mass is 176 g/mol. The molecule has 0 N–H and O–H groups in total. The van der Waals surface area contributed by atoms with Crippen LogP contribution >= 0.6 is 11.8 Å². The quantitative estimate of drug-likeness (QED) is 0.630. The van der Waals surface area contributed by atoms with Crippen molar-refractivity contribution in [2.45, 2.75) is 23.5 Å². The Balaban J connectivity index is 2.33. The molecule has 62 valence electrons. The molecule has 0 fully saturated rings. The van der Waals surface area contributed by atoms with E-state index in [1.54, 1.807) is 0 Å². The third-order valence-electron chi connectivity index (χ3n) is 2.09. The first kappa shape index (κ1) is 7.93. The molecule has 0 saturated carbocycles. The van der Waals surface area contributed by atoms with Crippen LogP contribution in [0.4, 0.5) is 0 Å². The smallest absolute Gasteiger partial charge is 0.0275 e. The predicted molar refractivity (Wildman–Crippen MR) is 55.4 cm³/mol. The zero-order valence-electron chi connectivity index (χ0n) is 7.16. The summed E-state index contributed by atoms with van der Waals surface area (Å²) in [5.74, 6) is 0. The molecule has 1 atom stereocenters. The van der Waals surface area contributed by atoms with Gasteiger partial charge in [0.25, 0.3) is 0 Å². The number of benzene rings is 1. The van der Waals surface area contributed by atoms with E-state index in [-0.39, 0.29) is 0 Å². The van der Waals surface area contributed by atoms with E-state index in [1.165, 1.54) is 16.9 Å². The summed E-state index contributed by atoms with van der Waals surface area (Å²) in [6.07, 6.45) is 5.75. The zero-order valence-corrected chi connectivity index (χ0v) is 7.97. The predicted octanol–water partition coefficient (Wildman–Crippen LogP) is 3.58. The molecule has 0 saturated heterocycles. The Labute approximate surface area is 77.7 Å². The second kappa shape index (κ2) is 3.36. The summed E-state index contributed by atoms with van der Waals surface area (Å²) in [5, 5.41) is 0.680. The number of rotatable bonds is 1. The Kier molecular flexibility index (Phi) is 2.22. The molecular weight excluding hydrogens is 164 g/mol. The minimum atomic E-state index is 0.680. The van der Waals surface area contributed by atoms with Crippen molar-refractivity contribution in [2.24, 2.45) is 0 Å². The summed E-state index contributed by atoms with van der Waals surface area (Å²) >= 11 is 1.97. The molecule has 0 nitrogen and oxygen atoms in total. The zero-order chi connectivity index (χ0) is 8.39. The van der Waals surface area contributed by atoms with Crippen LogP contribution in [0, 0.1) is 0 Å². The Morgan fingerprint density at radius 3 is 3.00 bits per heavy atom. The Bertz CT molecular complexity index is 302. The summed E-state index contributed by atoms with van der Waals surface area (Å²) in [7, 11) is 0. The van der Waals surface area contributed by atoms with E-state index < -0.39 is 0 Å². The molecule has 1 aliphatic heterocycles. The van der Waals surface area contributed by atoms with E-state index in [9.17, 15) is 0 Å². The van der Waals surface area contributed by atoms with Crippen LogP contribution in [0.3, 0.4) is 0 Å². The summed E-state index contributed by atoms with van der Waals surface area (Å²) < 4.78 is 0. The van der Waals surface area contributed by atoms with E-state index >= 15 is 0 Å². The van der Waals surface area contributed by atoms with Gasteiger partial charge in [0.2, 0.25) is 0 Å². The van der Waals surface area contributed by atoms with Gasteiger partial charge in [0.15, 0.2) is 0 Å². The van der Waals surface area contributed by atoms with Gasteiger partial charge in [-0.05, 0) is 18.1 Å². The molecule has 1 unspecified atom stereocenters. The lowest BCUT2D eigenvalue weighted by molar-refractivity contribution is 0.974. The second-order valence-corrected chi connectivity index (χ2v) is 4.24. The maximum atomic E-state index is 2.30. The van der Waals surface area contributed by atoms with Gasteiger partial charge in [-0.2, -0.15) is 0 Å². The first-order valence-corrected chi connectivity index (χ1v) is 5.22. The summed E-state index contributed by atoms with van der Waals surface area (Å²) in [6, 6.07) is 8.57. The summed E-state index contributed by atoms with van der Waals surface area (Å²) in [4.78, 5) is 1.42. The van der Waals surface area contributed by atoms with Crippen LogP contribution in [-0.4, -0.2) is 5.25 Å². The molecule has 0 aliphatic carbocycles. The Morgan fingerprint density at radius 1 is 1.33 bits per heavy atom. The van der Waals surface area contributed by atoms with Gasteiger partial charge in [-0.1, -0.05) is 37.3 Å². The van der Waals surface area contributed by atoms with Crippen molar-refractivity contribution in [3.05, 3.63) is 35.9 Å². The van der Waals surface area contributed by atoms with Crippen LogP contribution in [0.2, 0.25) is 0 Å². The fraction of sp³-hybridized carbons (Fsp3) is 0.273. The molecule has 0 bridgehead atoms. The highest BCUT2D eigenvalue weighted by Crippen LogP contribution is 2.34. The van der Waals surface area contributed by atoms with E-state index in [4.69, 9.17) is 0 Å². The van der Waals surface area contributed by atoms with E-state index in [2.05, 4.69) is 43.3 Å². The topological polar surface area (TPSA) is 0 Å². The highest BCUT2D eigenvalue weighted by atomic mass is 32.2. The molecule has 12 heavy (non-hydrogen) atoms. The van der Waals surface area contributed by atoms with Gasteiger partial charge in [-0.3, -0.25) is 0 Å². The van der Waals surface area contributed by atoms with Crippen LogP contribution in [0.15, 0.2) is 35.2 Å². The molecule has 0 radical (unpaired) electrons. The van der Waals surface area contributed by atoms with E-state index in [0.29, 0.717) is 5.25 Å². The fourth-order valence-corrected chi connectivity index (χ4v) is 2.44.